The van der Waals surface area contributed by atoms with E-state index in [1.807, 2.05) is 0 Å². The highest BCUT2D eigenvalue weighted by atomic mass is 14.5. The second-order valence-corrected chi connectivity index (χ2v) is 6.28. The first-order valence-corrected chi connectivity index (χ1v) is 6.14. The molecule has 0 aromatic heterocycles. The summed E-state index contributed by atoms with van der Waals surface area (Å²) in [5.41, 5.74) is 2.77. The molecule has 0 N–H and O–H groups in total. The van der Waals surface area contributed by atoms with Gasteiger partial charge in [-0.1, -0.05) is 38.8 Å². The van der Waals surface area contributed by atoms with Crippen molar-refractivity contribution in [2.75, 3.05) is 0 Å². The van der Waals surface area contributed by atoms with Crippen molar-refractivity contribution in [2.45, 2.75) is 59.8 Å². The van der Waals surface area contributed by atoms with E-state index in [1.165, 1.54) is 32.1 Å². The fourth-order valence-corrected chi connectivity index (χ4v) is 4.00. The maximum atomic E-state index is 2.50. The van der Waals surface area contributed by atoms with Gasteiger partial charge in [-0.2, -0.15) is 0 Å². The molecule has 0 radical (unpaired) electrons. The third kappa shape index (κ3) is 1.34. The molecule has 0 heterocycles. The summed E-state index contributed by atoms with van der Waals surface area (Å²) < 4.78 is 0. The predicted octanol–water partition coefficient (Wildman–Crippen LogP) is 4.56. The van der Waals surface area contributed by atoms with Gasteiger partial charge in [-0.3, -0.25) is 0 Å². The molecule has 2 aliphatic rings. The first-order valence-electron chi connectivity index (χ1n) is 6.14. The monoisotopic (exact) mass is 192 g/mol. The second kappa shape index (κ2) is 3.12. The van der Waals surface area contributed by atoms with Crippen LogP contribution in [-0.2, 0) is 0 Å². The molecular formula is C14H24. The predicted molar refractivity (Wildman–Crippen MR) is 62.2 cm³/mol. The van der Waals surface area contributed by atoms with Crippen LogP contribution in [0.15, 0.2) is 11.6 Å². The second-order valence-electron chi connectivity index (χ2n) is 6.28. The van der Waals surface area contributed by atoms with Crippen molar-refractivity contribution in [1.82, 2.24) is 0 Å². The van der Waals surface area contributed by atoms with Gasteiger partial charge in [-0.25, -0.2) is 0 Å². The number of allylic oxidation sites excluding steroid dienone is 2. The molecule has 0 aromatic carbocycles. The Labute approximate surface area is 88.8 Å². The summed E-state index contributed by atoms with van der Waals surface area (Å²) in [7, 11) is 0. The van der Waals surface area contributed by atoms with E-state index in [1.54, 1.807) is 5.57 Å². The fraction of sp³-hybridized carbons (Fsp3) is 0.857. The zero-order valence-corrected chi connectivity index (χ0v) is 10.2. The molecule has 14 heavy (non-hydrogen) atoms. The normalized spacial score (nSPS) is 41.4. The van der Waals surface area contributed by atoms with Crippen LogP contribution in [0.5, 0.6) is 0 Å². The van der Waals surface area contributed by atoms with E-state index in [2.05, 4.69) is 33.8 Å². The molecule has 0 saturated heterocycles. The molecule has 1 fully saturated rings. The zero-order chi connectivity index (χ0) is 10.4. The van der Waals surface area contributed by atoms with Crippen molar-refractivity contribution < 1.29 is 0 Å². The van der Waals surface area contributed by atoms with Crippen LogP contribution >= 0.6 is 0 Å². The van der Waals surface area contributed by atoms with Gasteiger partial charge in [-0.05, 0) is 49.4 Å². The summed E-state index contributed by atoms with van der Waals surface area (Å²) >= 11 is 0. The molecule has 0 amide bonds. The van der Waals surface area contributed by atoms with Crippen molar-refractivity contribution in [3.05, 3.63) is 11.6 Å². The van der Waals surface area contributed by atoms with Gasteiger partial charge >= 0.3 is 0 Å². The number of rotatable bonds is 0. The topological polar surface area (TPSA) is 0 Å². The SMILES string of the molecule is CC1=CCC[C@H]2C(C)(C)CCC[C@]12C. The minimum Gasteiger partial charge on any atom is -0.0850 e. The van der Waals surface area contributed by atoms with E-state index < -0.39 is 0 Å². The molecule has 2 rings (SSSR count). The van der Waals surface area contributed by atoms with Crippen LogP contribution in [0.25, 0.3) is 0 Å². The molecule has 2 aliphatic carbocycles. The molecule has 0 nitrogen and oxygen atoms in total. The Morgan fingerprint density at radius 1 is 1.21 bits per heavy atom. The van der Waals surface area contributed by atoms with Crippen LogP contribution in [0.4, 0.5) is 0 Å². The third-order valence-corrected chi connectivity index (χ3v) is 5.04. The summed E-state index contributed by atoms with van der Waals surface area (Å²) in [6, 6.07) is 0. The van der Waals surface area contributed by atoms with Crippen LogP contribution < -0.4 is 0 Å². The van der Waals surface area contributed by atoms with Gasteiger partial charge in [0.15, 0.2) is 0 Å². The minimum absolute atomic E-state index is 0.528. The van der Waals surface area contributed by atoms with E-state index in [0.29, 0.717) is 10.8 Å². The molecule has 0 aromatic rings. The van der Waals surface area contributed by atoms with Crippen LogP contribution in [0.1, 0.15) is 59.8 Å². The van der Waals surface area contributed by atoms with Gasteiger partial charge in [0, 0.05) is 0 Å². The van der Waals surface area contributed by atoms with Crippen LogP contribution in [-0.4, -0.2) is 0 Å². The summed E-state index contributed by atoms with van der Waals surface area (Å²) in [5.74, 6) is 0.925. The highest BCUT2D eigenvalue weighted by Crippen LogP contribution is 2.57. The maximum absolute atomic E-state index is 2.50. The average molecular weight is 192 g/mol. The van der Waals surface area contributed by atoms with Crippen molar-refractivity contribution in [2.24, 2.45) is 16.7 Å². The molecule has 0 heteroatoms. The summed E-state index contributed by atoms with van der Waals surface area (Å²) in [5, 5.41) is 0. The lowest BCUT2D eigenvalue weighted by Gasteiger charge is -2.53. The molecule has 0 bridgehead atoms. The van der Waals surface area contributed by atoms with Crippen molar-refractivity contribution >= 4 is 0 Å². The van der Waals surface area contributed by atoms with E-state index in [0.717, 1.165) is 5.92 Å². The maximum Gasteiger partial charge on any atom is -0.00857 e. The van der Waals surface area contributed by atoms with E-state index >= 15 is 0 Å². The van der Waals surface area contributed by atoms with Crippen LogP contribution in [0.2, 0.25) is 0 Å². The number of fused-ring (bicyclic) bond motifs is 1. The summed E-state index contributed by atoms with van der Waals surface area (Å²) in [6.07, 6.45) is 9.49. The van der Waals surface area contributed by atoms with Gasteiger partial charge in [0.2, 0.25) is 0 Å². The van der Waals surface area contributed by atoms with E-state index in [-0.39, 0.29) is 0 Å². The first kappa shape index (κ1) is 10.3. The van der Waals surface area contributed by atoms with Crippen molar-refractivity contribution in [3.8, 4) is 0 Å². The Morgan fingerprint density at radius 2 is 1.93 bits per heavy atom. The quantitative estimate of drug-likeness (QED) is 0.494. The third-order valence-electron chi connectivity index (χ3n) is 5.04. The Hall–Kier alpha value is -0.260. The lowest BCUT2D eigenvalue weighted by atomic mass is 9.51. The van der Waals surface area contributed by atoms with Crippen LogP contribution in [0.3, 0.4) is 0 Å². The molecule has 0 unspecified atom stereocenters. The Kier molecular flexibility index (Phi) is 2.28. The zero-order valence-electron chi connectivity index (χ0n) is 10.2. The largest absolute Gasteiger partial charge is 0.0850 e. The first-order chi connectivity index (χ1) is 6.47. The summed E-state index contributed by atoms with van der Waals surface area (Å²) in [4.78, 5) is 0. The summed E-state index contributed by atoms with van der Waals surface area (Å²) in [6.45, 7) is 9.82. The number of hydrogen-bond donors (Lipinski definition) is 0. The van der Waals surface area contributed by atoms with E-state index in [9.17, 15) is 0 Å². The highest BCUT2D eigenvalue weighted by molar-refractivity contribution is 5.19. The lowest BCUT2D eigenvalue weighted by molar-refractivity contribution is 0.0149. The minimum atomic E-state index is 0.528. The van der Waals surface area contributed by atoms with Gasteiger partial charge in [0.1, 0.15) is 0 Å². The van der Waals surface area contributed by atoms with Gasteiger partial charge in [0.25, 0.3) is 0 Å². The smallest absolute Gasteiger partial charge is 0.00857 e. The van der Waals surface area contributed by atoms with Gasteiger partial charge in [0.05, 0.1) is 0 Å². The van der Waals surface area contributed by atoms with Gasteiger partial charge in [-0.15, -0.1) is 0 Å². The Balaban J connectivity index is 2.36. The molecule has 2 atom stereocenters. The highest BCUT2D eigenvalue weighted by Gasteiger charge is 2.47. The Morgan fingerprint density at radius 3 is 2.57 bits per heavy atom. The molecule has 0 spiro atoms. The van der Waals surface area contributed by atoms with Crippen molar-refractivity contribution in [1.29, 1.82) is 0 Å². The van der Waals surface area contributed by atoms with Gasteiger partial charge < -0.3 is 0 Å². The van der Waals surface area contributed by atoms with E-state index in [4.69, 9.17) is 0 Å². The molecule has 0 aliphatic heterocycles. The number of hydrogen-bond acceptors (Lipinski definition) is 0. The fourth-order valence-electron chi connectivity index (χ4n) is 4.00. The standard InChI is InChI=1S/C14H24/c1-11-7-5-8-12-13(2,3)9-6-10-14(11,12)4/h7,12H,5-6,8-10H2,1-4H3/t12-,14+/m0/s1. The molecule has 1 saturated carbocycles. The Bertz CT molecular complexity index is 259. The lowest BCUT2D eigenvalue weighted by Crippen LogP contribution is -2.44. The molecular weight excluding hydrogens is 168 g/mol. The van der Waals surface area contributed by atoms with Crippen molar-refractivity contribution in [3.63, 3.8) is 0 Å². The average Bonchev–Trinajstić information content (AvgIpc) is 2.08. The van der Waals surface area contributed by atoms with Crippen LogP contribution in [0, 0.1) is 16.7 Å². The molecule has 80 valence electrons.